The van der Waals surface area contributed by atoms with Gasteiger partial charge in [0.05, 0.1) is 0 Å². The second-order valence-corrected chi connectivity index (χ2v) is 9.05. The van der Waals surface area contributed by atoms with E-state index in [2.05, 4.69) is 15.2 Å². The summed E-state index contributed by atoms with van der Waals surface area (Å²) in [5, 5.41) is 3.77. The Kier molecular flexibility index (Phi) is 6.32. The zero-order valence-electron chi connectivity index (χ0n) is 17.9. The Balaban J connectivity index is 1.77. The van der Waals surface area contributed by atoms with Crippen molar-refractivity contribution in [1.82, 2.24) is 20.2 Å². The summed E-state index contributed by atoms with van der Waals surface area (Å²) < 4.78 is 0. The van der Waals surface area contributed by atoms with Gasteiger partial charge in [0.1, 0.15) is 11.6 Å². The molecule has 2 aromatic rings. The lowest BCUT2D eigenvalue weighted by atomic mass is 10.0. The summed E-state index contributed by atoms with van der Waals surface area (Å²) in [6, 6.07) is 7.90. The Labute approximate surface area is 178 Å². The maximum Gasteiger partial charge on any atom is 0.317 e. The summed E-state index contributed by atoms with van der Waals surface area (Å²) in [4.78, 5) is 26.0. The Morgan fingerprint density at radius 1 is 1.07 bits per heavy atom. The predicted molar refractivity (Wildman–Crippen MR) is 118 cm³/mol. The summed E-state index contributed by atoms with van der Waals surface area (Å²) in [7, 11) is 0. The number of rotatable bonds is 3. The minimum Gasteiger partial charge on any atom is -0.353 e. The third kappa shape index (κ3) is 5.60. The van der Waals surface area contributed by atoms with Gasteiger partial charge in [0, 0.05) is 54.4 Å². The van der Waals surface area contributed by atoms with Crippen molar-refractivity contribution in [3.63, 3.8) is 0 Å². The van der Waals surface area contributed by atoms with Crippen LogP contribution in [0.5, 0.6) is 0 Å². The molecule has 1 aliphatic rings. The molecule has 3 rings (SSSR count). The lowest BCUT2D eigenvalue weighted by Gasteiger charge is -2.37. The van der Waals surface area contributed by atoms with Crippen LogP contribution in [0, 0.1) is 13.8 Å². The summed E-state index contributed by atoms with van der Waals surface area (Å²) in [6.07, 6.45) is 0.753. The van der Waals surface area contributed by atoms with E-state index in [4.69, 9.17) is 16.6 Å². The number of urea groups is 1. The lowest BCUT2D eigenvalue weighted by Crippen LogP contribution is -2.55. The standard InChI is InChI=1S/C22H30ClN5O/c1-15-19(14-17-6-8-18(23)9-7-17)20(25-16(2)24-15)27-10-12-28(13-11-27)21(29)26-22(3,4)5/h6-9H,10-14H2,1-5H3,(H,26,29). The van der Waals surface area contributed by atoms with Crippen LogP contribution in [0.15, 0.2) is 24.3 Å². The molecule has 29 heavy (non-hydrogen) atoms. The third-order valence-corrected chi connectivity index (χ3v) is 5.20. The van der Waals surface area contributed by atoms with Gasteiger partial charge in [-0.05, 0) is 52.3 Å². The van der Waals surface area contributed by atoms with Crippen LogP contribution in [0.2, 0.25) is 5.02 Å². The molecule has 1 aromatic carbocycles. The second-order valence-electron chi connectivity index (χ2n) is 8.62. The number of aromatic nitrogens is 2. The third-order valence-electron chi connectivity index (χ3n) is 4.95. The van der Waals surface area contributed by atoms with Crippen molar-refractivity contribution in [3.8, 4) is 0 Å². The molecular weight excluding hydrogens is 386 g/mol. The molecule has 7 heteroatoms. The highest BCUT2D eigenvalue weighted by Gasteiger charge is 2.26. The monoisotopic (exact) mass is 415 g/mol. The van der Waals surface area contributed by atoms with E-state index in [-0.39, 0.29) is 11.6 Å². The number of benzene rings is 1. The van der Waals surface area contributed by atoms with Crippen molar-refractivity contribution in [2.75, 3.05) is 31.1 Å². The van der Waals surface area contributed by atoms with Gasteiger partial charge >= 0.3 is 6.03 Å². The minimum absolute atomic E-state index is 0.00594. The van der Waals surface area contributed by atoms with E-state index in [0.29, 0.717) is 13.1 Å². The highest BCUT2D eigenvalue weighted by Crippen LogP contribution is 2.25. The summed E-state index contributed by atoms with van der Waals surface area (Å²) >= 11 is 6.03. The first kappa shape index (κ1) is 21.4. The zero-order chi connectivity index (χ0) is 21.2. The molecule has 0 saturated carbocycles. The Bertz CT molecular complexity index is 868. The average Bonchev–Trinajstić information content (AvgIpc) is 2.64. The van der Waals surface area contributed by atoms with Crippen LogP contribution >= 0.6 is 11.6 Å². The largest absolute Gasteiger partial charge is 0.353 e. The Morgan fingerprint density at radius 2 is 1.69 bits per heavy atom. The molecule has 0 unspecified atom stereocenters. The molecule has 0 atom stereocenters. The molecule has 2 heterocycles. The first-order chi connectivity index (χ1) is 13.6. The fourth-order valence-corrected chi connectivity index (χ4v) is 3.64. The lowest BCUT2D eigenvalue weighted by molar-refractivity contribution is 0.185. The number of amides is 2. The number of hydrogen-bond donors (Lipinski definition) is 1. The predicted octanol–water partition coefficient (Wildman–Crippen LogP) is 3.97. The van der Waals surface area contributed by atoms with Gasteiger partial charge in [-0.3, -0.25) is 0 Å². The van der Waals surface area contributed by atoms with Crippen LogP contribution in [0.4, 0.5) is 10.6 Å². The van der Waals surface area contributed by atoms with Crippen molar-refractivity contribution in [1.29, 1.82) is 0 Å². The number of nitrogens with one attached hydrogen (secondary N) is 1. The van der Waals surface area contributed by atoms with Crippen molar-refractivity contribution in [2.45, 2.75) is 46.6 Å². The van der Waals surface area contributed by atoms with E-state index in [0.717, 1.165) is 47.4 Å². The molecular formula is C22H30ClN5O. The van der Waals surface area contributed by atoms with Crippen molar-refractivity contribution < 1.29 is 4.79 Å². The number of aryl methyl sites for hydroxylation is 2. The number of hydrogen-bond acceptors (Lipinski definition) is 4. The molecule has 1 aromatic heterocycles. The zero-order valence-corrected chi connectivity index (χ0v) is 18.7. The summed E-state index contributed by atoms with van der Waals surface area (Å²) in [5.41, 5.74) is 3.07. The van der Waals surface area contributed by atoms with E-state index in [1.54, 1.807) is 0 Å². The first-order valence-electron chi connectivity index (χ1n) is 10.0. The van der Waals surface area contributed by atoms with Crippen molar-refractivity contribution >= 4 is 23.4 Å². The van der Waals surface area contributed by atoms with Crippen LogP contribution in [-0.2, 0) is 6.42 Å². The van der Waals surface area contributed by atoms with Crippen LogP contribution in [0.1, 0.15) is 43.4 Å². The van der Waals surface area contributed by atoms with E-state index >= 15 is 0 Å². The number of carbonyl (C=O) groups excluding carboxylic acids is 1. The van der Waals surface area contributed by atoms with E-state index < -0.39 is 0 Å². The van der Waals surface area contributed by atoms with Crippen LogP contribution in [0.25, 0.3) is 0 Å². The molecule has 0 radical (unpaired) electrons. The van der Waals surface area contributed by atoms with Gasteiger partial charge < -0.3 is 15.1 Å². The number of piperazine rings is 1. The van der Waals surface area contributed by atoms with Gasteiger partial charge in [-0.2, -0.15) is 0 Å². The van der Waals surface area contributed by atoms with Crippen LogP contribution < -0.4 is 10.2 Å². The smallest absolute Gasteiger partial charge is 0.317 e. The molecule has 156 valence electrons. The molecule has 6 nitrogen and oxygen atoms in total. The van der Waals surface area contributed by atoms with Gasteiger partial charge in [-0.1, -0.05) is 23.7 Å². The molecule has 1 aliphatic heterocycles. The van der Waals surface area contributed by atoms with Gasteiger partial charge in [-0.25, -0.2) is 14.8 Å². The average molecular weight is 416 g/mol. The van der Waals surface area contributed by atoms with Crippen LogP contribution in [-0.4, -0.2) is 52.6 Å². The van der Waals surface area contributed by atoms with E-state index in [1.807, 2.05) is 63.8 Å². The summed E-state index contributed by atoms with van der Waals surface area (Å²) in [6.45, 7) is 12.8. The molecule has 1 saturated heterocycles. The molecule has 0 spiro atoms. The first-order valence-corrected chi connectivity index (χ1v) is 10.4. The molecule has 1 N–H and O–H groups in total. The topological polar surface area (TPSA) is 61.4 Å². The maximum absolute atomic E-state index is 12.5. The Morgan fingerprint density at radius 3 is 2.28 bits per heavy atom. The van der Waals surface area contributed by atoms with Gasteiger partial charge in [0.2, 0.25) is 0 Å². The Hall–Kier alpha value is -2.34. The molecule has 2 amide bonds. The molecule has 1 fully saturated rings. The number of carbonyl (C=O) groups is 1. The minimum atomic E-state index is -0.235. The van der Waals surface area contributed by atoms with Crippen LogP contribution in [0.3, 0.4) is 0 Å². The fourth-order valence-electron chi connectivity index (χ4n) is 3.51. The number of anilines is 1. The normalized spacial score (nSPS) is 14.8. The fraction of sp³-hybridized carbons (Fsp3) is 0.500. The van der Waals surface area contributed by atoms with Gasteiger partial charge in [0.25, 0.3) is 0 Å². The highest BCUT2D eigenvalue weighted by molar-refractivity contribution is 6.30. The van der Waals surface area contributed by atoms with Gasteiger partial charge in [0.15, 0.2) is 0 Å². The highest BCUT2D eigenvalue weighted by atomic mass is 35.5. The quantitative estimate of drug-likeness (QED) is 0.823. The summed E-state index contributed by atoms with van der Waals surface area (Å²) in [5.74, 6) is 1.74. The number of halogens is 1. The molecule has 0 bridgehead atoms. The number of nitrogens with zero attached hydrogens (tertiary/aromatic N) is 4. The van der Waals surface area contributed by atoms with E-state index in [1.165, 1.54) is 5.56 Å². The van der Waals surface area contributed by atoms with Crippen molar-refractivity contribution in [2.24, 2.45) is 0 Å². The SMILES string of the molecule is Cc1nc(C)c(Cc2ccc(Cl)cc2)c(N2CCN(C(=O)NC(C)(C)C)CC2)n1. The molecule has 0 aliphatic carbocycles. The second kappa shape index (κ2) is 8.57. The van der Waals surface area contributed by atoms with Gasteiger partial charge in [-0.15, -0.1) is 0 Å². The van der Waals surface area contributed by atoms with Crippen molar-refractivity contribution in [3.05, 3.63) is 51.9 Å². The van der Waals surface area contributed by atoms with E-state index in [9.17, 15) is 4.79 Å². The maximum atomic E-state index is 12.5.